The van der Waals surface area contributed by atoms with Gasteiger partial charge in [0, 0.05) is 22.5 Å². The number of carboxylic acid groups (broad SMARTS) is 1. The Kier molecular flexibility index (Phi) is 5.21. The zero-order valence-electron chi connectivity index (χ0n) is 16.1. The van der Waals surface area contributed by atoms with Gasteiger partial charge in [0.15, 0.2) is 5.13 Å². The van der Waals surface area contributed by atoms with Crippen molar-refractivity contribution in [3.05, 3.63) is 35.2 Å². The molecule has 3 heterocycles. The number of carbonyl (C=O) groups excluding carboxylic acids is 1. The molecular weight excluding hydrogens is 374 g/mol. The maximum atomic E-state index is 12.7. The van der Waals surface area contributed by atoms with Gasteiger partial charge in [-0.25, -0.2) is 4.98 Å². The average molecular weight is 400 g/mol. The standard InChI is InChI=1S/C21H25N3O3S/c1-12(2)19-18(13-6-4-3-5-7-13)23-21(28-19)22-17(25)11-24-14-8-9-16(24)15(10-14)20(26)27/h3-7,12,14-16H,8-11H2,1-2H3,(H,26,27)(H,22,23,25). The normalized spacial score (nSPS) is 24.0. The number of benzene rings is 1. The van der Waals surface area contributed by atoms with Crippen LogP contribution in [0.2, 0.25) is 0 Å². The van der Waals surface area contributed by atoms with Crippen LogP contribution in [-0.4, -0.2) is 45.5 Å². The molecule has 2 aliphatic heterocycles. The van der Waals surface area contributed by atoms with E-state index in [9.17, 15) is 14.7 Å². The van der Waals surface area contributed by atoms with Gasteiger partial charge in [0.2, 0.25) is 5.91 Å². The molecule has 3 unspecified atom stereocenters. The van der Waals surface area contributed by atoms with Crippen molar-refractivity contribution < 1.29 is 14.7 Å². The fourth-order valence-electron chi connectivity index (χ4n) is 4.52. The Morgan fingerprint density at radius 2 is 2.04 bits per heavy atom. The minimum atomic E-state index is -0.744. The number of nitrogens with zero attached hydrogens (tertiary/aromatic N) is 2. The van der Waals surface area contributed by atoms with Crippen molar-refractivity contribution in [1.82, 2.24) is 9.88 Å². The molecule has 7 heteroatoms. The van der Waals surface area contributed by atoms with Gasteiger partial charge in [0.1, 0.15) is 0 Å². The molecule has 1 aromatic carbocycles. The highest BCUT2D eigenvalue weighted by Crippen LogP contribution is 2.41. The number of aliphatic carboxylic acids is 1. The average Bonchev–Trinajstić information content (AvgIpc) is 3.35. The molecule has 4 rings (SSSR count). The van der Waals surface area contributed by atoms with Gasteiger partial charge >= 0.3 is 5.97 Å². The van der Waals surface area contributed by atoms with Crippen LogP contribution in [0.25, 0.3) is 11.3 Å². The molecule has 148 valence electrons. The number of aromatic nitrogens is 1. The SMILES string of the molecule is CC(C)c1sc(NC(=O)CN2C3CCC2C(C(=O)O)C3)nc1-c1ccccc1. The highest BCUT2D eigenvalue weighted by Gasteiger charge is 2.49. The lowest BCUT2D eigenvalue weighted by Gasteiger charge is -2.21. The lowest BCUT2D eigenvalue weighted by Crippen LogP contribution is -2.38. The third kappa shape index (κ3) is 3.56. The smallest absolute Gasteiger partial charge is 0.308 e. The topological polar surface area (TPSA) is 82.5 Å². The number of hydrogen-bond donors (Lipinski definition) is 2. The van der Waals surface area contributed by atoms with Gasteiger partial charge in [-0.2, -0.15) is 0 Å². The van der Waals surface area contributed by atoms with Gasteiger partial charge in [0.25, 0.3) is 0 Å². The number of hydrogen-bond acceptors (Lipinski definition) is 5. The summed E-state index contributed by atoms with van der Waals surface area (Å²) in [5.41, 5.74) is 1.97. The lowest BCUT2D eigenvalue weighted by atomic mass is 9.89. The molecule has 2 fully saturated rings. The summed E-state index contributed by atoms with van der Waals surface area (Å²) in [5.74, 6) is -0.897. The predicted octanol–water partition coefficient (Wildman–Crippen LogP) is 3.81. The lowest BCUT2D eigenvalue weighted by molar-refractivity contribution is -0.142. The Morgan fingerprint density at radius 3 is 2.68 bits per heavy atom. The summed E-state index contributed by atoms with van der Waals surface area (Å²) in [5, 5.41) is 12.9. The zero-order chi connectivity index (χ0) is 19.8. The molecule has 2 N–H and O–H groups in total. The molecule has 28 heavy (non-hydrogen) atoms. The van der Waals surface area contributed by atoms with Crippen molar-refractivity contribution >= 4 is 28.3 Å². The number of thiazole rings is 1. The number of anilines is 1. The van der Waals surface area contributed by atoms with Crippen LogP contribution < -0.4 is 5.32 Å². The van der Waals surface area contributed by atoms with E-state index in [0.29, 0.717) is 17.5 Å². The summed E-state index contributed by atoms with van der Waals surface area (Å²) in [6.07, 6.45) is 2.50. The van der Waals surface area contributed by atoms with Gasteiger partial charge in [-0.3, -0.25) is 14.5 Å². The van der Waals surface area contributed by atoms with Crippen molar-refractivity contribution in [3.63, 3.8) is 0 Å². The van der Waals surface area contributed by atoms with E-state index in [1.807, 2.05) is 30.3 Å². The fraction of sp³-hybridized carbons (Fsp3) is 0.476. The van der Waals surface area contributed by atoms with Gasteiger partial charge < -0.3 is 10.4 Å². The van der Waals surface area contributed by atoms with E-state index in [2.05, 4.69) is 29.0 Å². The molecule has 2 saturated heterocycles. The Hall–Kier alpha value is -2.25. The molecule has 0 saturated carbocycles. The van der Waals surface area contributed by atoms with E-state index in [-0.39, 0.29) is 30.5 Å². The first-order valence-electron chi connectivity index (χ1n) is 9.78. The van der Waals surface area contributed by atoms with Gasteiger partial charge in [0.05, 0.1) is 18.2 Å². The summed E-state index contributed by atoms with van der Waals surface area (Å²) in [7, 11) is 0. The molecule has 6 nitrogen and oxygen atoms in total. The van der Waals surface area contributed by atoms with Crippen molar-refractivity contribution in [3.8, 4) is 11.3 Å². The van der Waals surface area contributed by atoms with Gasteiger partial charge in [-0.05, 0) is 25.2 Å². The van der Waals surface area contributed by atoms with E-state index in [4.69, 9.17) is 0 Å². The van der Waals surface area contributed by atoms with Crippen molar-refractivity contribution in [2.45, 2.75) is 51.1 Å². The summed E-state index contributed by atoms with van der Waals surface area (Å²) < 4.78 is 0. The first kappa shape index (κ1) is 19.1. The van der Waals surface area contributed by atoms with Crippen molar-refractivity contribution in [1.29, 1.82) is 0 Å². The fourth-order valence-corrected chi connectivity index (χ4v) is 5.52. The second kappa shape index (κ2) is 7.64. The van der Waals surface area contributed by atoms with E-state index >= 15 is 0 Å². The minimum absolute atomic E-state index is 0.0179. The van der Waals surface area contributed by atoms with Crippen LogP contribution in [-0.2, 0) is 9.59 Å². The van der Waals surface area contributed by atoms with E-state index in [1.54, 1.807) is 0 Å². The third-order valence-corrected chi connectivity index (χ3v) is 7.07. The molecule has 0 radical (unpaired) electrons. The first-order chi connectivity index (χ1) is 13.4. The van der Waals surface area contributed by atoms with Crippen LogP contribution in [0.15, 0.2) is 30.3 Å². The highest BCUT2D eigenvalue weighted by molar-refractivity contribution is 7.16. The number of amides is 1. The molecule has 2 aromatic rings. The molecule has 1 amide bonds. The third-order valence-electron chi connectivity index (χ3n) is 5.80. The minimum Gasteiger partial charge on any atom is -0.481 e. The largest absolute Gasteiger partial charge is 0.481 e. The van der Waals surface area contributed by atoms with E-state index in [1.165, 1.54) is 11.3 Å². The summed E-state index contributed by atoms with van der Waals surface area (Å²) in [6.45, 7) is 4.48. The summed E-state index contributed by atoms with van der Waals surface area (Å²) in [4.78, 5) is 32.0. The Labute approximate surface area is 168 Å². The van der Waals surface area contributed by atoms with Crippen LogP contribution in [0.1, 0.15) is 43.9 Å². The van der Waals surface area contributed by atoms with E-state index in [0.717, 1.165) is 29.0 Å². The van der Waals surface area contributed by atoms with Crippen LogP contribution in [0.4, 0.5) is 5.13 Å². The molecule has 2 bridgehead atoms. The Balaban J connectivity index is 1.48. The molecule has 0 aliphatic carbocycles. The Morgan fingerprint density at radius 1 is 1.29 bits per heavy atom. The first-order valence-corrected chi connectivity index (χ1v) is 10.6. The highest BCUT2D eigenvalue weighted by atomic mass is 32.1. The summed E-state index contributed by atoms with van der Waals surface area (Å²) >= 11 is 1.52. The van der Waals surface area contributed by atoms with E-state index < -0.39 is 5.97 Å². The number of carboxylic acids is 1. The maximum Gasteiger partial charge on any atom is 0.308 e. The number of carbonyl (C=O) groups is 2. The van der Waals surface area contributed by atoms with Crippen LogP contribution in [0, 0.1) is 5.92 Å². The second-order valence-corrected chi connectivity index (χ2v) is 8.98. The maximum absolute atomic E-state index is 12.7. The van der Waals surface area contributed by atoms with Crippen molar-refractivity contribution in [2.24, 2.45) is 5.92 Å². The molecule has 0 spiro atoms. The number of rotatable bonds is 6. The predicted molar refractivity (Wildman–Crippen MR) is 110 cm³/mol. The van der Waals surface area contributed by atoms with Gasteiger partial charge in [-0.1, -0.05) is 44.2 Å². The van der Waals surface area contributed by atoms with Crippen LogP contribution >= 0.6 is 11.3 Å². The molecule has 3 atom stereocenters. The quantitative estimate of drug-likeness (QED) is 0.772. The van der Waals surface area contributed by atoms with Crippen LogP contribution in [0.3, 0.4) is 0 Å². The van der Waals surface area contributed by atoms with Gasteiger partial charge in [-0.15, -0.1) is 11.3 Å². The monoisotopic (exact) mass is 399 g/mol. The summed E-state index contributed by atoms with van der Waals surface area (Å²) in [6, 6.07) is 10.2. The zero-order valence-corrected chi connectivity index (χ0v) is 16.9. The molecular formula is C21H25N3O3S. The molecule has 1 aromatic heterocycles. The molecule has 2 aliphatic rings. The second-order valence-electron chi connectivity index (χ2n) is 7.95. The number of fused-ring (bicyclic) bond motifs is 2. The van der Waals surface area contributed by atoms with Crippen molar-refractivity contribution in [2.75, 3.05) is 11.9 Å². The van der Waals surface area contributed by atoms with Crippen LogP contribution in [0.5, 0.6) is 0 Å². The Bertz CT molecular complexity index is 880. The number of nitrogens with one attached hydrogen (secondary N) is 1.